The number of carboxylic acids is 1. The summed E-state index contributed by atoms with van der Waals surface area (Å²) >= 11 is 0. The molecule has 2 heterocycles. The Morgan fingerprint density at radius 1 is 1.56 bits per heavy atom. The lowest BCUT2D eigenvalue weighted by atomic mass is 9.93. The summed E-state index contributed by atoms with van der Waals surface area (Å²) in [6, 6.07) is 0. The molecule has 0 aromatic heterocycles. The lowest BCUT2D eigenvalue weighted by Crippen LogP contribution is -2.49. The first-order valence-electron chi connectivity index (χ1n) is 5.39. The third-order valence-electron chi connectivity index (χ3n) is 3.10. The van der Waals surface area contributed by atoms with Crippen LogP contribution in [0.3, 0.4) is 0 Å². The number of amides is 1. The van der Waals surface area contributed by atoms with Gasteiger partial charge in [0.2, 0.25) is 0 Å². The summed E-state index contributed by atoms with van der Waals surface area (Å²) in [4.78, 5) is 25.5. The molecule has 2 saturated heterocycles. The highest BCUT2D eigenvalue weighted by atomic mass is 16.6. The molecule has 1 amide bonds. The van der Waals surface area contributed by atoms with Crippen molar-refractivity contribution in [2.75, 3.05) is 33.2 Å². The summed E-state index contributed by atoms with van der Waals surface area (Å²) in [5.41, 5.74) is -0.487. The Labute approximate surface area is 93.8 Å². The molecule has 0 aromatic rings. The van der Waals surface area contributed by atoms with E-state index in [0.29, 0.717) is 13.1 Å². The Bertz CT molecular complexity index is 320. The molecule has 90 valence electrons. The second-order valence-corrected chi connectivity index (χ2v) is 4.64. The van der Waals surface area contributed by atoms with E-state index in [-0.39, 0.29) is 6.54 Å². The molecule has 6 heteroatoms. The van der Waals surface area contributed by atoms with E-state index in [9.17, 15) is 9.59 Å². The largest absolute Gasteiger partial charge is 0.480 e. The predicted octanol–water partition coefficient (Wildman–Crippen LogP) is -0.0124. The van der Waals surface area contributed by atoms with Crippen LogP contribution in [0.25, 0.3) is 0 Å². The van der Waals surface area contributed by atoms with Crippen LogP contribution in [0.5, 0.6) is 0 Å². The van der Waals surface area contributed by atoms with E-state index in [1.807, 2.05) is 7.05 Å². The van der Waals surface area contributed by atoms with Gasteiger partial charge in [-0.05, 0) is 26.4 Å². The minimum Gasteiger partial charge on any atom is -0.480 e. The number of rotatable bonds is 2. The van der Waals surface area contributed by atoms with Crippen molar-refractivity contribution in [1.29, 1.82) is 0 Å². The van der Waals surface area contributed by atoms with E-state index in [1.165, 1.54) is 4.90 Å². The molecule has 0 radical (unpaired) electrons. The van der Waals surface area contributed by atoms with Crippen LogP contribution in [0, 0.1) is 0 Å². The van der Waals surface area contributed by atoms with Gasteiger partial charge in [0.15, 0.2) is 0 Å². The number of aliphatic carboxylic acids is 1. The molecule has 2 fully saturated rings. The summed E-state index contributed by atoms with van der Waals surface area (Å²) in [5.74, 6) is -1.00. The Morgan fingerprint density at radius 2 is 2.31 bits per heavy atom. The second-order valence-electron chi connectivity index (χ2n) is 4.64. The van der Waals surface area contributed by atoms with E-state index < -0.39 is 17.7 Å². The number of likely N-dealkylation sites (N-methyl/N-ethyl adjacent to an activating group) is 1. The first kappa shape index (κ1) is 11.2. The van der Waals surface area contributed by atoms with Gasteiger partial charge in [-0.15, -0.1) is 0 Å². The van der Waals surface area contributed by atoms with Crippen LogP contribution in [-0.2, 0) is 9.53 Å². The number of carbonyl (C=O) groups excluding carboxylic acids is 1. The van der Waals surface area contributed by atoms with Gasteiger partial charge >= 0.3 is 12.1 Å². The molecule has 0 bridgehead atoms. The van der Waals surface area contributed by atoms with Crippen molar-refractivity contribution >= 4 is 12.1 Å². The first-order chi connectivity index (χ1) is 7.51. The van der Waals surface area contributed by atoms with E-state index in [0.717, 1.165) is 19.4 Å². The number of carboxylic acid groups (broad SMARTS) is 1. The van der Waals surface area contributed by atoms with Crippen molar-refractivity contribution in [2.45, 2.75) is 18.4 Å². The van der Waals surface area contributed by atoms with Crippen molar-refractivity contribution in [3.05, 3.63) is 0 Å². The Hall–Kier alpha value is -1.30. The zero-order valence-corrected chi connectivity index (χ0v) is 9.31. The molecule has 0 saturated carbocycles. The summed E-state index contributed by atoms with van der Waals surface area (Å²) < 4.78 is 5.36. The lowest BCUT2D eigenvalue weighted by Gasteiger charge is -2.36. The first-order valence-corrected chi connectivity index (χ1v) is 5.39. The van der Waals surface area contributed by atoms with Gasteiger partial charge in [0.1, 0.15) is 12.1 Å². The van der Waals surface area contributed by atoms with Gasteiger partial charge in [-0.2, -0.15) is 0 Å². The van der Waals surface area contributed by atoms with Gasteiger partial charge in [0, 0.05) is 6.54 Å². The molecule has 2 aliphatic heterocycles. The van der Waals surface area contributed by atoms with Gasteiger partial charge in [0.25, 0.3) is 0 Å². The number of ether oxygens (including phenoxy) is 1. The molecule has 0 aliphatic carbocycles. The van der Waals surface area contributed by atoms with Crippen LogP contribution in [0.4, 0.5) is 4.79 Å². The van der Waals surface area contributed by atoms with Crippen LogP contribution >= 0.6 is 0 Å². The van der Waals surface area contributed by atoms with Gasteiger partial charge < -0.3 is 14.7 Å². The maximum Gasteiger partial charge on any atom is 0.411 e. The van der Waals surface area contributed by atoms with E-state index in [4.69, 9.17) is 9.84 Å². The molecule has 2 rings (SSSR count). The highest BCUT2D eigenvalue weighted by molar-refractivity contribution is 5.78. The third kappa shape index (κ3) is 2.11. The molecular weight excluding hydrogens is 212 g/mol. The number of nitrogens with zero attached hydrogens (tertiary/aromatic N) is 2. The average molecular weight is 228 g/mol. The van der Waals surface area contributed by atoms with Crippen molar-refractivity contribution < 1.29 is 19.4 Å². The molecule has 1 N–H and O–H groups in total. The van der Waals surface area contributed by atoms with Crippen molar-refractivity contribution in [1.82, 2.24) is 9.80 Å². The maximum absolute atomic E-state index is 11.5. The van der Waals surface area contributed by atoms with Crippen LogP contribution in [-0.4, -0.2) is 65.8 Å². The van der Waals surface area contributed by atoms with Crippen molar-refractivity contribution in [3.63, 3.8) is 0 Å². The maximum atomic E-state index is 11.5. The normalized spacial score (nSPS) is 30.8. The van der Waals surface area contributed by atoms with Gasteiger partial charge in [-0.3, -0.25) is 9.69 Å². The molecule has 1 spiro atoms. The molecule has 0 aromatic carbocycles. The molecule has 16 heavy (non-hydrogen) atoms. The van der Waals surface area contributed by atoms with Crippen molar-refractivity contribution in [2.24, 2.45) is 0 Å². The van der Waals surface area contributed by atoms with Crippen LogP contribution in [0.15, 0.2) is 0 Å². The van der Waals surface area contributed by atoms with Gasteiger partial charge in [0.05, 0.1) is 6.54 Å². The highest BCUT2D eigenvalue weighted by Gasteiger charge is 2.47. The van der Waals surface area contributed by atoms with E-state index in [2.05, 4.69) is 4.90 Å². The third-order valence-corrected chi connectivity index (χ3v) is 3.10. The zero-order chi connectivity index (χ0) is 11.8. The lowest BCUT2D eigenvalue weighted by molar-refractivity contribution is -0.137. The SMILES string of the molecule is CN1CCCC2(C1)CN(CC(=O)O)C(=O)O2. The fraction of sp³-hybridized carbons (Fsp3) is 0.800. The van der Waals surface area contributed by atoms with Crippen LogP contribution < -0.4 is 0 Å². The van der Waals surface area contributed by atoms with Gasteiger partial charge in [-0.1, -0.05) is 0 Å². The Morgan fingerprint density at radius 3 is 2.94 bits per heavy atom. The molecule has 1 atom stereocenters. The fourth-order valence-electron chi connectivity index (χ4n) is 2.51. The molecule has 2 aliphatic rings. The summed E-state index contributed by atoms with van der Waals surface area (Å²) in [7, 11) is 1.98. The standard InChI is InChI=1S/C10H16N2O4/c1-11-4-2-3-10(6-11)7-12(5-8(13)14)9(15)16-10/h2-7H2,1H3,(H,13,14). The highest BCUT2D eigenvalue weighted by Crippen LogP contribution is 2.31. The van der Waals surface area contributed by atoms with E-state index in [1.54, 1.807) is 0 Å². The topological polar surface area (TPSA) is 70.1 Å². The smallest absolute Gasteiger partial charge is 0.411 e. The minimum absolute atomic E-state index is 0.274. The van der Waals surface area contributed by atoms with Crippen LogP contribution in [0.2, 0.25) is 0 Å². The summed E-state index contributed by atoms with van der Waals surface area (Å²) in [5, 5.41) is 8.67. The molecule has 6 nitrogen and oxygen atoms in total. The minimum atomic E-state index is -1.00. The van der Waals surface area contributed by atoms with E-state index >= 15 is 0 Å². The van der Waals surface area contributed by atoms with Gasteiger partial charge in [-0.25, -0.2) is 4.79 Å². The molecular formula is C10H16N2O4. The predicted molar refractivity (Wildman–Crippen MR) is 55.2 cm³/mol. The fourth-order valence-corrected chi connectivity index (χ4v) is 2.51. The Kier molecular flexibility index (Phi) is 2.75. The zero-order valence-electron chi connectivity index (χ0n) is 9.31. The average Bonchev–Trinajstić information content (AvgIpc) is 2.41. The number of likely N-dealkylation sites (tertiary alicyclic amines) is 1. The van der Waals surface area contributed by atoms with Crippen LogP contribution in [0.1, 0.15) is 12.8 Å². The number of hydrogen-bond donors (Lipinski definition) is 1. The number of piperidine rings is 1. The molecule has 1 unspecified atom stereocenters. The summed E-state index contributed by atoms with van der Waals surface area (Å²) in [6.07, 6.45) is 1.29. The second kappa shape index (κ2) is 3.93. The number of carbonyl (C=O) groups is 2. The monoisotopic (exact) mass is 228 g/mol. The number of hydrogen-bond acceptors (Lipinski definition) is 4. The summed E-state index contributed by atoms with van der Waals surface area (Å²) in [6.45, 7) is 1.81. The quantitative estimate of drug-likeness (QED) is 0.719. The van der Waals surface area contributed by atoms with Crippen molar-refractivity contribution in [3.8, 4) is 0 Å². The Balaban J connectivity index is 2.04.